The summed E-state index contributed by atoms with van der Waals surface area (Å²) in [6.07, 6.45) is 2.86. The number of nitrogens with zero attached hydrogens (tertiary/aromatic N) is 3. The van der Waals surface area contributed by atoms with Gasteiger partial charge >= 0.3 is 6.18 Å². The zero-order valence-electron chi connectivity index (χ0n) is 10.7. The first kappa shape index (κ1) is 14.3. The first-order valence-corrected chi connectivity index (χ1v) is 6.51. The zero-order chi connectivity index (χ0) is 13.7. The quantitative estimate of drug-likeness (QED) is 0.884. The Morgan fingerprint density at radius 3 is 2.58 bits per heavy atom. The average molecular weight is 276 g/mol. The zero-order valence-corrected chi connectivity index (χ0v) is 10.7. The molecule has 0 saturated carbocycles. The Kier molecular flexibility index (Phi) is 4.81. The molecule has 0 spiro atoms. The van der Waals surface area contributed by atoms with Crippen LogP contribution >= 0.6 is 0 Å². The van der Waals surface area contributed by atoms with Crippen molar-refractivity contribution in [3.8, 4) is 0 Å². The minimum Gasteiger partial charge on any atom is -0.336 e. The Bertz CT molecular complexity index is 356. The van der Waals surface area contributed by atoms with Crippen LogP contribution in [0.3, 0.4) is 0 Å². The van der Waals surface area contributed by atoms with Crippen LogP contribution < -0.4 is 5.32 Å². The number of hydrogen-bond donors (Lipinski definition) is 1. The predicted octanol–water partition coefficient (Wildman–Crippen LogP) is 1.50. The summed E-state index contributed by atoms with van der Waals surface area (Å²) < 4.78 is 38.7. The van der Waals surface area contributed by atoms with E-state index in [9.17, 15) is 13.2 Å². The monoisotopic (exact) mass is 276 g/mol. The van der Waals surface area contributed by atoms with Gasteiger partial charge in [-0.05, 0) is 25.9 Å². The van der Waals surface area contributed by atoms with E-state index in [-0.39, 0.29) is 0 Å². The van der Waals surface area contributed by atoms with Gasteiger partial charge in [0.1, 0.15) is 0 Å². The largest absolute Gasteiger partial charge is 0.401 e. The number of rotatable bonds is 5. The van der Waals surface area contributed by atoms with Gasteiger partial charge in [-0.3, -0.25) is 4.90 Å². The summed E-state index contributed by atoms with van der Waals surface area (Å²) in [4.78, 5) is 5.43. The van der Waals surface area contributed by atoms with Gasteiger partial charge in [0, 0.05) is 31.5 Å². The molecule has 1 aromatic heterocycles. The van der Waals surface area contributed by atoms with Crippen molar-refractivity contribution in [2.75, 3.05) is 26.2 Å². The lowest BCUT2D eigenvalue weighted by Gasteiger charge is -2.32. The third-order valence-electron chi connectivity index (χ3n) is 3.35. The van der Waals surface area contributed by atoms with E-state index in [2.05, 4.69) is 10.3 Å². The van der Waals surface area contributed by atoms with Crippen LogP contribution in [0.25, 0.3) is 0 Å². The fraction of sp³-hybridized carbons (Fsp3) is 0.750. The van der Waals surface area contributed by atoms with Crippen molar-refractivity contribution in [3.05, 3.63) is 18.7 Å². The van der Waals surface area contributed by atoms with E-state index in [0.29, 0.717) is 19.1 Å². The molecule has 2 heterocycles. The lowest BCUT2D eigenvalue weighted by atomic mass is 10.1. The molecule has 0 aromatic carbocycles. The van der Waals surface area contributed by atoms with Gasteiger partial charge in [-0.1, -0.05) is 0 Å². The molecule has 0 aliphatic carbocycles. The normalized spacial score (nSPS) is 18.9. The topological polar surface area (TPSA) is 33.1 Å². The van der Waals surface area contributed by atoms with Crippen molar-refractivity contribution in [1.29, 1.82) is 0 Å². The van der Waals surface area contributed by atoms with Gasteiger partial charge in [-0.2, -0.15) is 13.2 Å². The molecular weight excluding hydrogens is 257 g/mol. The maximum atomic E-state index is 12.2. The Hall–Kier alpha value is -1.08. The third kappa shape index (κ3) is 5.20. The van der Waals surface area contributed by atoms with Crippen LogP contribution in [-0.4, -0.2) is 52.8 Å². The maximum Gasteiger partial charge on any atom is 0.401 e. The second kappa shape index (κ2) is 6.38. The van der Waals surface area contributed by atoms with Gasteiger partial charge in [0.15, 0.2) is 0 Å². The first-order valence-electron chi connectivity index (χ1n) is 6.51. The van der Waals surface area contributed by atoms with E-state index in [0.717, 1.165) is 25.9 Å². The lowest BCUT2D eigenvalue weighted by Crippen LogP contribution is -2.46. The summed E-state index contributed by atoms with van der Waals surface area (Å²) in [6.45, 7) is 1.91. The molecule has 2 rings (SSSR count). The summed E-state index contributed by atoms with van der Waals surface area (Å²) in [5.41, 5.74) is 0. The fourth-order valence-corrected chi connectivity index (χ4v) is 2.37. The fourth-order valence-electron chi connectivity index (χ4n) is 2.37. The van der Waals surface area contributed by atoms with E-state index in [1.165, 1.54) is 4.90 Å². The van der Waals surface area contributed by atoms with Gasteiger partial charge in [-0.25, -0.2) is 4.98 Å². The second-order valence-corrected chi connectivity index (χ2v) is 4.92. The van der Waals surface area contributed by atoms with Crippen LogP contribution in [0.1, 0.15) is 12.8 Å². The number of imidazole rings is 1. The smallest absolute Gasteiger partial charge is 0.336 e. The van der Waals surface area contributed by atoms with Crippen LogP contribution in [0.15, 0.2) is 18.7 Å². The van der Waals surface area contributed by atoms with E-state index < -0.39 is 12.7 Å². The number of nitrogens with one attached hydrogen (secondary N) is 1. The van der Waals surface area contributed by atoms with Crippen LogP contribution in [0.5, 0.6) is 0 Å². The van der Waals surface area contributed by atoms with Crippen LogP contribution in [-0.2, 0) is 6.54 Å². The Balaban J connectivity index is 1.61. The number of likely N-dealkylation sites (tertiary alicyclic amines) is 1. The van der Waals surface area contributed by atoms with Crippen molar-refractivity contribution in [2.45, 2.75) is 31.6 Å². The molecule has 0 unspecified atom stereocenters. The second-order valence-electron chi connectivity index (χ2n) is 4.92. The van der Waals surface area contributed by atoms with Gasteiger partial charge in [-0.15, -0.1) is 0 Å². The van der Waals surface area contributed by atoms with Gasteiger partial charge in [0.05, 0.1) is 12.9 Å². The minimum atomic E-state index is -4.08. The standard InChI is InChI=1S/C12H19F3N4/c13-12(14,15)9-18-5-1-11(2-6-18)17-4-8-19-7-3-16-10-19/h3,7,10-11,17H,1-2,4-6,8-9H2. The molecule has 1 N–H and O–H groups in total. The van der Waals surface area contributed by atoms with Crippen molar-refractivity contribution in [2.24, 2.45) is 0 Å². The Morgan fingerprint density at radius 2 is 2.00 bits per heavy atom. The SMILES string of the molecule is FC(F)(F)CN1CCC(NCCn2ccnc2)CC1. The molecule has 4 nitrogen and oxygen atoms in total. The molecular formula is C12H19F3N4. The molecule has 19 heavy (non-hydrogen) atoms. The van der Waals surface area contributed by atoms with E-state index in [1.54, 1.807) is 12.5 Å². The van der Waals surface area contributed by atoms with Crippen molar-refractivity contribution >= 4 is 0 Å². The Morgan fingerprint density at radius 1 is 1.26 bits per heavy atom. The number of alkyl halides is 3. The number of hydrogen-bond acceptors (Lipinski definition) is 3. The molecule has 1 aliphatic heterocycles. The van der Waals surface area contributed by atoms with E-state index >= 15 is 0 Å². The number of halogens is 3. The Labute approximate surface area is 110 Å². The summed E-state index contributed by atoms with van der Waals surface area (Å²) in [5.74, 6) is 0. The van der Waals surface area contributed by atoms with Gasteiger partial charge in [0.25, 0.3) is 0 Å². The van der Waals surface area contributed by atoms with E-state index in [4.69, 9.17) is 0 Å². The molecule has 1 saturated heterocycles. The molecule has 1 fully saturated rings. The minimum absolute atomic E-state index is 0.327. The highest BCUT2D eigenvalue weighted by Gasteiger charge is 2.32. The summed E-state index contributed by atoms with van der Waals surface area (Å²) in [7, 11) is 0. The summed E-state index contributed by atoms with van der Waals surface area (Å²) in [6, 6.07) is 0.327. The average Bonchev–Trinajstić information content (AvgIpc) is 2.82. The lowest BCUT2D eigenvalue weighted by molar-refractivity contribution is -0.148. The molecule has 1 aliphatic rings. The van der Waals surface area contributed by atoms with Gasteiger partial charge in [0.2, 0.25) is 0 Å². The van der Waals surface area contributed by atoms with Crippen molar-refractivity contribution in [1.82, 2.24) is 19.8 Å². The number of aromatic nitrogens is 2. The molecule has 0 atom stereocenters. The maximum absolute atomic E-state index is 12.2. The summed E-state index contributed by atoms with van der Waals surface area (Å²) >= 11 is 0. The van der Waals surface area contributed by atoms with Crippen LogP contribution in [0.4, 0.5) is 13.2 Å². The van der Waals surface area contributed by atoms with E-state index in [1.807, 2.05) is 10.8 Å². The van der Waals surface area contributed by atoms with Crippen LogP contribution in [0, 0.1) is 0 Å². The highest BCUT2D eigenvalue weighted by atomic mass is 19.4. The highest BCUT2D eigenvalue weighted by molar-refractivity contribution is 4.79. The van der Waals surface area contributed by atoms with Crippen molar-refractivity contribution in [3.63, 3.8) is 0 Å². The molecule has 0 radical (unpaired) electrons. The predicted molar refractivity (Wildman–Crippen MR) is 65.7 cm³/mol. The summed E-state index contributed by atoms with van der Waals surface area (Å²) in [5, 5.41) is 3.39. The molecule has 0 bridgehead atoms. The number of piperidine rings is 1. The first-order chi connectivity index (χ1) is 9.03. The molecule has 0 amide bonds. The molecule has 1 aromatic rings. The third-order valence-corrected chi connectivity index (χ3v) is 3.35. The highest BCUT2D eigenvalue weighted by Crippen LogP contribution is 2.19. The van der Waals surface area contributed by atoms with Crippen molar-refractivity contribution < 1.29 is 13.2 Å². The van der Waals surface area contributed by atoms with Gasteiger partial charge < -0.3 is 9.88 Å². The molecule has 108 valence electrons. The van der Waals surface area contributed by atoms with Crippen LogP contribution in [0.2, 0.25) is 0 Å². The molecule has 7 heteroatoms.